The highest BCUT2D eigenvalue weighted by Gasteiger charge is 2.31. The van der Waals surface area contributed by atoms with Crippen molar-refractivity contribution < 1.29 is 17.9 Å². The van der Waals surface area contributed by atoms with Crippen molar-refractivity contribution in [2.75, 3.05) is 40.3 Å². The lowest BCUT2D eigenvalue weighted by Gasteiger charge is -2.32. The third-order valence-electron chi connectivity index (χ3n) is 4.03. The van der Waals surface area contributed by atoms with Crippen molar-refractivity contribution in [3.63, 3.8) is 0 Å². The SMILES string of the molecule is CN(C)S(=O)(=O)N1CCC(C(=O)NCCOc2ccccc2)CC1. The molecule has 8 heteroatoms. The van der Waals surface area contributed by atoms with Crippen LogP contribution in [0.5, 0.6) is 5.75 Å². The molecule has 1 saturated heterocycles. The Labute approximate surface area is 143 Å². The van der Waals surface area contributed by atoms with E-state index in [1.807, 2.05) is 30.3 Å². The number of nitrogens with one attached hydrogen (secondary N) is 1. The smallest absolute Gasteiger partial charge is 0.281 e. The van der Waals surface area contributed by atoms with Crippen molar-refractivity contribution in [1.29, 1.82) is 0 Å². The van der Waals surface area contributed by atoms with Crippen LogP contribution in [0.2, 0.25) is 0 Å². The normalized spacial score (nSPS) is 17.0. The number of amides is 1. The highest BCUT2D eigenvalue weighted by atomic mass is 32.2. The number of carbonyl (C=O) groups is 1. The summed E-state index contributed by atoms with van der Waals surface area (Å²) in [6.45, 7) is 1.59. The van der Waals surface area contributed by atoms with Crippen LogP contribution in [0.25, 0.3) is 0 Å². The number of para-hydroxylation sites is 1. The lowest BCUT2D eigenvalue weighted by atomic mass is 9.97. The zero-order valence-corrected chi connectivity index (χ0v) is 15.0. The van der Waals surface area contributed by atoms with Crippen molar-refractivity contribution in [3.05, 3.63) is 30.3 Å². The fourth-order valence-electron chi connectivity index (χ4n) is 2.58. The average molecular weight is 355 g/mol. The predicted octanol–water partition coefficient (Wildman–Crippen LogP) is 0.700. The summed E-state index contributed by atoms with van der Waals surface area (Å²) in [6.07, 6.45) is 1.08. The molecule has 1 aromatic rings. The summed E-state index contributed by atoms with van der Waals surface area (Å²) in [6, 6.07) is 9.43. The fraction of sp³-hybridized carbons (Fsp3) is 0.562. The van der Waals surface area contributed by atoms with Crippen LogP contribution in [0.4, 0.5) is 0 Å². The Hall–Kier alpha value is -1.64. The number of nitrogens with zero attached hydrogens (tertiary/aromatic N) is 2. The lowest BCUT2D eigenvalue weighted by molar-refractivity contribution is -0.126. The van der Waals surface area contributed by atoms with Crippen LogP contribution in [0.15, 0.2) is 30.3 Å². The molecule has 7 nitrogen and oxygen atoms in total. The van der Waals surface area contributed by atoms with E-state index in [1.54, 1.807) is 0 Å². The van der Waals surface area contributed by atoms with Gasteiger partial charge in [-0.1, -0.05) is 18.2 Å². The Morgan fingerprint density at radius 2 is 1.88 bits per heavy atom. The van der Waals surface area contributed by atoms with Gasteiger partial charge in [0.25, 0.3) is 10.2 Å². The summed E-state index contributed by atoms with van der Waals surface area (Å²) in [5.74, 6) is 0.595. The first kappa shape index (κ1) is 18.7. The van der Waals surface area contributed by atoms with E-state index >= 15 is 0 Å². The molecule has 0 radical (unpaired) electrons. The van der Waals surface area contributed by atoms with Gasteiger partial charge in [0, 0.05) is 33.1 Å². The molecule has 1 N–H and O–H groups in total. The van der Waals surface area contributed by atoms with Gasteiger partial charge in [0.15, 0.2) is 0 Å². The maximum absolute atomic E-state index is 12.2. The summed E-state index contributed by atoms with van der Waals surface area (Å²) in [5.41, 5.74) is 0. The Balaban J connectivity index is 1.69. The highest BCUT2D eigenvalue weighted by Crippen LogP contribution is 2.20. The van der Waals surface area contributed by atoms with Gasteiger partial charge in [-0.25, -0.2) is 0 Å². The van der Waals surface area contributed by atoms with Crippen molar-refractivity contribution >= 4 is 16.1 Å². The molecule has 1 amide bonds. The van der Waals surface area contributed by atoms with E-state index in [2.05, 4.69) is 5.32 Å². The monoisotopic (exact) mass is 355 g/mol. The van der Waals surface area contributed by atoms with Crippen molar-refractivity contribution in [1.82, 2.24) is 13.9 Å². The van der Waals surface area contributed by atoms with Gasteiger partial charge >= 0.3 is 0 Å². The van der Waals surface area contributed by atoms with Crippen LogP contribution in [-0.2, 0) is 15.0 Å². The second-order valence-corrected chi connectivity index (χ2v) is 8.06. The number of ether oxygens (including phenoxy) is 1. The number of hydrogen-bond acceptors (Lipinski definition) is 4. The van der Waals surface area contributed by atoms with Gasteiger partial charge in [-0.15, -0.1) is 0 Å². The van der Waals surface area contributed by atoms with E-state index in [0.717, 1.165) is 5.75 Å². The number of benzene rings is 1. The maximum Gasteiger partial charge on any atom is 0.281 e. The molecule has 0 saturated carbocycles. The first-order chi connectivity index (χ1) is 11.4. The third kappa shape index (κ3) is 4.93. The molecule has 0 bridgehead atoms. The highest BCUT2D eigenvalue weighted by molar-refractivity contribution is 7.86. The Morgan fingerprint density at radius 1 is 1.25 bits per heavy atom. The summed E-state index contributed by atoms with van der Waals surface area (Å²) < 4.78 is 32.2. The van der Waals surface area contributed by atoms with Gasteiger partial charge in [0.05, 0.1) is 6.54 Å². The van der Waals surface area contributed by atoms with Gasteiger partial charge < -0.3 is 10.1 Å². The van der Waals surface area contributed by atoms with Crippen molar-refractivity contribution in [3.8, 4) is 5.75 Å². The average Bonchev–Trinajstić information content (AvgIpc) is 2.59. The molecule has 134 valence electrons. The minimum atomic E-state index is -3.39. The largest absolute Gasteiger partial charge is 0.492 e. The number of rotatable bonds is 7. The van der Waals surface area contributed by atoms with Crippen molar-refractivity contribution in [2.24, 2.45) is 5.92 Å². The van der Waals surface area contributed by atoms with Crippen LogP contribution in [-0.4, -0.2) is 63.3 Å². The van der Waals surface area contributed by atoms with Crippen LogP contribution in [0, 0.1) is 5.92 Å². The molecule has 24 heavy (non-hydrogen) atoms. The first-order valence-electron chi connectivity index (χ1n) is 8.04. The zero-order chi connectivity index (χ0) is 17.6. The molecule has 0 atom stereocenters. The number of carbonyl (C=O) groups excluding carboxylic acids is 1. The van der Waals surface area contributed by atoms with Crippen LogP contribution in [0.3, 0.4) is 0 Å². The van der Waals surface area contributed by atoms with Crippen LogP contribution < -0.4 is 10.1 Å². The molecule has 0 aromatic heterocycles. The molecule has 1 fully saturated rings. The van der Waals surface area contributed by atoms with Gasteiger partial charge in [-0.2, -0.15) is 17.0 Å². The molecule has 1 aromatic carbocycles. The van der Waals surface area contributed by atoms with E-state index < -0.39 is 10.2 Å². The van der Waals surface area contributed by atoms with E-state index in [-0.39, 0.29) is 11.8 Å². The van der Waals surface area contributed by atoms with Crippen LogP contribution in [0.1, 0.15) is 12.8 Å². The predicted molar refractivity (Wildman–Crippen MR) is 91.9 cm³/mol. The maximum atomic E-state index is 12.2. The number of piperidine rings is 1. The number of hydrogen-bond donors (Lipinski definition) is 1. The third-order valence-corrected chi connectivity index (χ3v) is 5.97. The summed E-state index contributed by atoms with van der Waals surface area (Å²) in [5, 5.41) is 2.86. The van der Waals surface area contributed by atoms with Gasteiger partial charge in [0.2, 0.25) is 5.91 Å². The summed E-state index contributed by atoms with van der Waals surface area (Å²) in [7, 11) is -0.356. The molecule has 1 aliphatic rings. The van der Waals surface area contributed by atoms with E-state index in [0.29, 0.717) is 39.1 Å². The van der Waals surface area contributed by atoms with Crippen molar-refractivity contribution in [2.45, 2.75) is 12.8 Å². The van der Waals surface area contributed by atoms with E-state index in [1.165, 1.54) is 22.7 Å². The minimum absolute atomic E-state index is 0.0337. The zero-order valence-electron chi connectivity index (χ0n) is 14.1. The van der Waals surface area contributed by atoms with Crippen LogP contribution >= 0.6 is 0 Å². The molecule has 0 spiro atoms. The molecule has 2 rings (SSSR count). The topological polar surface area (TPSA) is 79.0 Å². The second-order valence-electron chi connectivity index (χ2n) is 5.92. The first-order valence-corrected chi connectivity index (χ1v) is 9.44. The Morgan fingerprint density at radius 3 is 2.46 bits per heavy atom. The van der Waals surface area contributed by atoms with Gasteiger partial charge in [-0.05, 0) is 25.0 Å². The van der Waals surface area contributed by atoms with E-state index in [4.69, 9.17) is 4.74 Å². The molecular weight excluding hydrogens is 330 g/mol. The fourth-order valence-corrected chi connectivity index (χ4v) is 3.72. The summed E-state index contributed by atoms with van der Waals surface area (Å²) >= 11 is 0. The second kappa shape index (κ2) is 8.46. The minimum Gasteiger partial charge on any atom is -0.492 e. The molecular formula is C16H25N3O4S. The molecule has 1 aliphatic heterocycles. The Kier molecular flexibility index (Phi) is 6.59. The summed E-state index contributed by atoms with van der Waals surface area (Å²) in [4.78, 5) is 12.2. The van der Waals surface area contributed by atoms with E-state index in [9.17, 15) is 13.2 Å². The lowest BCUT2D eigenvalue weighted by Crippen LogP contribution is -2.47. The van der Waals surface area contributed by atoms with Gasteiger partial charge in [0.1, 0.15) is 12.4 Å². The molecule has 1 heterocycles. The molecule has 0 unspecified atom stereocenters. The standard InChI is InChI=1S/C16H25N3O4S/c1-18(2)24(21,22)19-11-8-14(9-12-19)16(20)17-10-13-23-15-6-4-3-5-7-15/h3-7,14H,8-13H2,1-2H3,(H,17,20). The quantitative estimate of drug-likeness (QED) is 0.730. The van der Waals surface area contributed by atoms with Gasteiger partial charge in [-0.3, -0.25) is 4.79 Å². The Bertz CT molecular complexity index is 626. The molecule has 0 aliphatic carbocycles.